The van der Waals surface area contributed by atoms with Gasteiger partial charge in [-0.1, -0.05) is 249 Å². The molecule has 0 bridgehead atoms. The second kappa shape index (κ2) is 15.9. The number of hydrogen-bond donors (Lipinski definition) is 0. The molecule has 16 rings (SSSR count). The number of nitrogens with zero attached hydrogens (tertiary/aromatic N) is 2. The predicted molar refractivity (Wildman–Crippen MR) is 305 cm³/mol. The largest absolute Gasteiger partial charge is 0.455 e. The van der Waals surface area contributed by atoms with Gasteiger partial charge >= 0.3 is 0 Å². The standard InChI is InChI=1S/C72H44N2O/c1-2-19-47(20-3-1)70-73-66(46-39-37-45(38-40-46)50-27-18-28-56-55-26-9-17-36-68(55)75-69(50)56)44-67(74-70)54-25-5-4-21-49(54)48-41-42-61-57(43-48)53-24-8-12-31-60(53)72(61)64-34-15-13-32-62(64)71(63-33-14-16-35-65(63)72)58-29-10-6-22-51(58)52-23-7-11-30-59(52)71/h1-44H. The second-order valence-corrected chi connectivity index (χ2v) is 20.2. The zero-order chi connectivity index (χ0) is 49.2. The van der Waals surface area contributed by atoms with Crippen LogP contribution in [-0.2, 0) is 10.8 Å². The number of furan rings is 1. The first-order valence-corrected chi connectivity index (χ1v) is 25.9. The first kappa shape index (κ1) is 41.9. The molecule has 0 radical (unpaired) electrons. The highest BCUT2D eigenvalue weighted by molar-refractivity contribution is 6.09. The number of benzene rings is 11. The minimum absolute atomic E-state index is 0.483. The van der Waals surface area contributed by atoms with Gasteiger partial charge in [-0.25, -0.2) is 9.97 Å². The van der Waals surface area contributed by atoms with Crippen molar-refractivity contribution in [1.82, 2.24) is 9.97 Å². The number of para-hydroxylation sites is 2. The van der Waals surface area contributed by atoms with Gasteiger partial charge in [0.15, 0.2) is 5.82 Å². The van der Waals surface area contributed by atoms with Gasteiger partial charge in [0.25, 0.3) is 0 Å². The van der Waals surface area contributed by atoms with E-state index in [-0.39, 0.29) is 0 Å². The van der Waals surface area contributed by atoms with Crippen molar-refractivity contribution in [3.05, 3.63) is 311 Å². The molecule has 0 N–H and O–H groups in total. The Bertz CT molecular complexity index is 4390. The first-order valence-electron chi connectivity index (χ1n) is 25.9. The van der Waals surface area contributed by atoms with Crippen molar-refractivity contribution in [2.45, 2.75) is 10.8 Å². The molecule has 3 nitrogen and oxygen atoms in total. The van der Waals surface area contributed by atoms with Gasteiger partial charge in [-0.15, -0.1) is 0 Å². The van der Waals surface area contributed by atoms with Crippen molar-refractivity contribution in [2.75, 3.05) is 0 Å². The van der Waals surface area contributed by atoms with Gasteiger partial charge in [-0.3, -0.25) is 0 Å². The summed E-state index contributed by atoms with van der Waals surface area (Å²) in [5.74, 6) is 0.679. The summed E-state index contributed by atoms with van der Waals surface area (Å²) in [6.45, 7) is 0. The number of fused-ring (bicyclic) bond motifs is 19. The van der Waals surface area contributed by atoms with E-state index in [4.69, 9.17) is 14.4 Å². The Morgan fingerprint density at radius 3 is 1.32 bits per heavy atom. The average molecular weight is 953 g/mol. The van der Waals surface area contributed by atoms with Crippen LogP contribution in [0.3, 0.4) is 0 Å². The van der Waals surface area contributed by atoms with E-state index in [1.54, 1.807) is 0 Å². The summed E-state index contributed by atoms with van der Waals surface area (Å²) in [6, 6.07) is 97.7. The molecule has 3 aliphatic rings. The summed E-state index contributed by atoms with van der Waals surface area (Å²) in [6.07, 6.45) is 0. The van der Waals surface area contributed by atoms with E-state index >= 15 is 0 Å². The summed E-state index contributed by atoms with van der Waals surface area (Å²) < 4.78 is 6.45. The molecule has 0 amide bonds. The molecule has 2 spiro atoms. The molecule has 0 saturated heterocycles. The smallest absolute Gasteiger partial charge is 0.160 e. The maximum atomic E-state index is 6.45. The lowest BCUT2D eigenvalue weighted by molar-refractivity contribution is 0.633. The third kappa shape index (κ3) is 5.75. The van der Waals surface area contributed by atoms with E-state index in [1.165, 1.54) is 66.8 Å². The van der Waals surface area contributed by atoms with Crippen LogP contribution < -0.4 is 0 Å². The number of hydrogen-bond acceptors (Lipinski definition) is 3. The van der Waals surface area contributed by atoms with Crippen LogP contribution in [0.1, 0.15) is 44.5 Å². The van der Waals surface area contributed by atoms with Gasteiger partial charge in [0, 0.05) is 33.0 Å². The van der Waals surface area contributed by atoms with Gasteiger partial charge in [-0.2, -0.15) is 0 Å². The highest BCUT2D eigenvalue weighted by Crippen LogP contribution is 2.67. The Labute approximate surface area is 434 Å². The highest BCUT2D eigenvalue weighted by Gasteiger charge is 2.58. The Morgan fingerprint density at radius 2 is 0.693 bits per heavy atom. The number of aromatic nitrogens is 2. The molecule has 11 aromatic carbocycles. The van der Waals surface area contributed by atoms with E-state index in [0.29, 0.717) is 5.82 Å². The van der Waals surface area contributed by atoms with E-state index in [9.17, 15) is 0 Å². The summed E-state index contributed by atoms with van der Waals surface area (Å²) in [5.41, 5.74) is 25.6. The molecule has 2 aromatic heterocycles. The van der Waals surface area contributed by atoms with E-state index in [1.807, 2.05) is 18.2 Å². The molecule has 75 heavy (non-hydrogen) atoms. The minimum Gasteiger partial charge on any atom is -0.455 e. The monoisotopic (exact) mass is 952 g/mol. The molecule has 2 heterocycles. The van der Waals surface area contributed by atoms with E-state index < -0.39 is 10.8 Å². The minimum atomic E-state index is -0.560. The fourth-order valence-electron chi connectivity index (χ4n) is 13.6. The molecule has 0 fully saturated rings. The lowest BCUT2D eigenvalue weighted by Gasteiger charge is -2.48. The molecular weight excluding hydrogens is 909 g/mol. The Hall–Kier alpha value is -9.70. The van der Waals surface area contributed by atoms with Crippen LogP contribution in [0.4, 0.5) is 0 Å². The zero-order valence-corrected chi connectivity index (χ0v) is 40.7. The summed E-state index contributed by atoms with van der Waals surface area (Å²) >= 11 is 0. The van der Waals surface area contributed by atoms with Crippen molar-refractivity contribution in [2.24, 2.45) is 0 Å². The van der Waals surface area contributed by atoms with Crippen molar-refractivity contribution in [1.29, 1.82) is 0 Å². The van der Waals surface area contributed by atoms with Crippen molar-refractivity contribution >= 4 is 21.9 Å². The normalized spacial score (nSPS) is 13.8. The maximum absolute atomic E-state index is 6.45. The molecular formula is C72H44N2O. The number of rotatable bonds is 5. The van der Waals surface area contributed by atoms with Crippen LogP contribution in [0.2, 0.25) is 0 Å². The fraction of sp³-hybridized carbons (Fsp3) is 0.0278. The second-order valence-electron chi connectivity index (χ2n) is 20.2. The third-order valence-corrected chi connectivity index (χ3v) is 16.6. The van der Waals surface area contributed by atoms with Crippen molar-refractivity contribution in [3.8, 4) is 78.4 Å². The summed E-state index contributed by atoms with van der Waals surface area (Å²) in [7, 11) is 0. The zero-order valence-electron chi connectivity index (χ0n) is 40.7. The molecule has 0 unspecified atom stereocenters. The Balaban J connectivity index is 0.856. The molecule has 0 aliphatic heterocycles. The van der Waals surface area contributed by atoms with Crippen LogP contribution in [0.15, 0.2) is 271 Å². The molecule has 0 atom stereocenters. The van der Waals surface area contributed by atoms with Gasteiger partial charge in [0.2, 0.25) is 0 Å². The van der Waals surface area contributed by atoms with Gasteiger partial charge in [0.1, 0.15) is 11.2 Å². The molecule has 13 aromatic rings. The van der Waals surface area contributed by atoms with Gasteiger partial charge < -0.3 is 4.42 Å². The molecule has 3 aliphatic carbocycles. The van der Waals surface area contributed by atoms with Crippen LogP contribution in [0.25, 0.3) is 100 Å². The Kier molecular flexibility index (Phi) is 8.88. The van der Waals surface area contributed by atoms with Crippen molar-refractivity contribution < 1.29 is 4.42 Å². The summed E-state index contributed by atoms with van der Waals surface area (Å²) in [5, 5.41) is 2.24. The third-order valence-electron chi connectivity index (χ3n) is 16.6. The molecule has 348 valence electrons. The van der Waals surface area contributed by atoms with Crippen molar-refractivity contribution in [3.63, 3.8) is 0 Å². The van der Waals surface area contributed by atoms with Crippen LogP contribution >= 0.6 is 0 Å². The lowest BCUT2D eigenvalue weighted by Crippen LogP contribution is -2.43. The topological polar surface area (TPSA) is 38.9 Å². The predicted octanol–water partition coefficient (Wildman–Crippen LogP) is 17.8. The summed E-state index contributed by atoms with van der Waals surface area (Å²) in [4.78, 5) is 10.6. The lowest BCUT2D eigenvalue weighted by atomic mass is 9.52. The van der Waals surface area contributed by atoms with Crippen LogP contribution in [-0.4, -0.2) is 9.97 Å². The maximum Gasteiger partial charge on any atom is 0.160 e. The Morgan fingerprint density at radius 1 is 0.253 bits per heavy atom. The van der Waals surface area contributed by atoms with Crippen LogP contribution in [0, 0.1) is 0 Å². The molecule has 3 heteroatoms. The molecule has 0 saturated carbocycles. The fourth-order valence-corrected chi connectivity index (χ4v) is 13.6. The highest BCUT2D eigenvalue weighted by atomic mass is 16.3. The van der Waals surface area contributed by atoms with Crippen LogP contribution in [0.5, 0.6) is 0 Å². The first-order chi connectivity index (χ1) is 37.2. The van der Waals surface area contributed by atoms with E-state index in [0.717, 1.165) is 72.3 Å². The van der Waals surface area contributed by atoms with Gasteiger partial charge in [0.05, 0.1) is 22.2 Å². The van der Waals surface area contributed by atoms with Gasteiger partial charge in [-0.05, 0) is 102 Å². The average Bonchev–Trinajstić information content (AvgIpc) is 4.34. The van der Waals surface area contributed by atoms with E-state index in [2.05, 4.69) is 249 Å². The SMILES string of the molecule is c1ccc(-c2nc(-c3ccc(-c4cccc5c4oc4ccccc45)cc3)cc(-c3ccccc3-c3ccc4c(c3)-c3ccccc3C43c4ccccc4C4(c5ccccc5-c5ccccc54)c4ccccc43)n2)cc1. The quantitative estimate of drug-likeness (QED) is 0.173.